The maximum atomic E-state index is 4.58. The predicted molar refractivity (Wildman–Crippen MR) is 98.8 cm³/mol. The molecule has 2 aromatic heterocycles. The average Bonchev–Trinajstić information content (AvgIpc) is 2.67. The summed E-state index contributed by atoms with van der Waals surface area (Å²) in [6.45, 7) is 0. The zero-order valence-corrected chi connectivity index (χ0v) is 13.0. The molecule has 0 fully saturated rings. The number of hydrogen-bond acceptors (Lipinski definition) is 3. The van der Waals surface area contributed by atoms with Crippen molar-refractivity contribution in [1.29, 1.82) is 0 Å². The highest BCUT2D eigenvalue weighted by Gasteiger charge is 1.96. The van der Waals surface area contributed by atoms with Crippen LogP contribution in [0.3, 0.4) is 0 Å². The van der Waals surface area contributed by atoms with Crippen LogP contribution in [0, 0.1) is 0 Å². The summed E-state index contributed by atoms with van der Waals surface area (Å²) in [6, 6.07) is 26.4. The number of rotatable bonds is 0. The van der Waals surface area contributed by atoms with Crippen molar-refractivity contribution < 1.29 is 0 Å². The van der Waals surface area contributed by atoms with Crippen molar-refractivity contribution in [3.8, 4) is 0 Å². The molecule has 3 nitrogen and oxygen atoms in total. The molecule has 24 heavy (non-hydrogen) atoms. The quantitative estimate of drug-likeness (QED) is 0.377. The maximum Gasteiger partial charge on any atom is 0.0886 e. The second-order valence-electron chi connectivity index (χ2n) is 5.42. The Hall–Kier alpha value is -3.33. The first-order valence-electron chi connectivity index (χ1n) is 7.80. The Morgan fingerprint density at radius 1 is 0.458 bits per heavy atom. The van der Waals surface area contributed by atoms with Crippen LogP contribution < -0.4 is 0 Å². The van der Waals surface area contributed by atoms with Gasteiger partial charge in [0.15, 0.2) is 0 Å². The van der Waals surface area contributed by atoms with Crippen molar-refractivity contribution >= 4 is 32.8 Å². The van der Waals surface area contributed by atoms with E-state index in [9.17, 15) is 0 Å². The number of nitrogens with zero attached hydrogens (tertiary/aromatic N) is 3. The van der Waals surface area contributed by atoms with Crippen LogP contribution >= 0.6 is 0 Å². The van der Waals surface area contributed by atoms with E-state index in [4.69, 9.17) is 0 Å². The van der Waals surface area contributed by atoms with Crippen LogP contribution in [0.25, 0.3) is 32.8 Å². The normalized spacial score (nSPS) is 10.5. The second-order valence-corrected chi connectivity index (χ2v) is 5.42. The number of aromatic nitrogens is 3. The molecule has 2 heterocycles. The van der Waals surface area contributed by atoms with Gasteiger partial charge in [0.25, 0.3) is 0 Å². The summed E-state index contributed by atoms with van der Waals surface area (Å²) in [5.41, 5.74) is 4.02. The lowest BCUT2D eigenvalue weighted by Crippen LogP contribution is -1.80. The highest BCUT2D eigenvalue weighted by atomic mass is 14.8. The summed E-state index contributed by atoms with van der Waals surface area (Å²) < 4.78 is 0. The first-order chi connectivity index (χ1) is 11.9. The highest BCUT2D eigenvalue weighted by Crippen LogP contribution is 2.18. The van der Waals surface area contributed by atoms with Gasteiger partial charge in [0.1, 0.15) is 0 Å². The number of pyridine rings is 1. The predicted octanol–water partition coefficient (Wildman–Crippen LogP) is 5.02. The van der Waals surface area contributed by atoms with Gasteiger partial charge in [-0.2, -0.15) is 0 Å². The number of hydrogen-bond donors (Lipinski definition) is 0. The third-order valence-electron chi connectivity index (χ3n) is 3.80. The topological polar surface area (TPSA) is 38.7 Å². The molecular formula is C21H15N3. The molecule has 0 saturated heterocycles. The van der Waals surface area contributed by atoms with Crippen LogP contribution in [0.15, 0.2) is 91.3 Å². The molecule has 0 aliphatic rings. The second kappa shape index (κ2) is 6.42. The van der Waals surface area contributed by atoms with Crippen molar-refractivity contribution in [3.05, 3.63) is 91.3 Å². The first-order valence-corrected chi connectivity index (χ1v) is 7.80. The van der Waals surface area contributed by atoms with Gasteiger partial charge >= 0.3 is 0 Å². The van der Waals surface area contributed by atoms with E-state index in [0.717, 1.165) is 22.1 Å². The molecular weight excluding hydrogens is 294 g/mol. The number of benzene rings is 3. The highest BCUT2D eigenvalue weighted by molar-refractivity contribution is 5.92. The van der Waals surface area contributed by atoms with Crippen LogP contribution in [0.2, 0.25) is 0 Å². The molecule has 0 atom stereocenters. The molecule has 0 aliphatic carbocycles. The van der Waals surface area contributed by atoms with Gasteiger partial charge in [-0.25, -0.2) is 4.98 Å². The van der Waals surface area contributed by atoms with Gasteiger partial charge in [0.2, 0.25) is 0 Å². The lowest BCUT2D eigenvalue weighted by Gasteiger charge is -1.99. The first kappa shape index (κ1) is 14.3. The minimum Gasteiger partial charge on any atom is -0.253 e. The molecule has 3 aromatic carbocycles. The summed E-state index contributed by atoms with van der Waals surface area (Å²) in [5.74, 6) is 0. The maximum absolute atomic E-state index is 4.58. The summed E-state index contributed by atoms with van der Waals surface area (Å²) in [6.07, 6.45) is 3.39. The Morgan fingerprint density at radius 2 is 0.875 bits per heavy atom. The van der Waals surface area contributed by atoms with Crippen molar-refractivity contribution in [2.24, 2.45) is 0 Å². The van der Waals surface area contributed by atoms with E-state index in [1.165, 1.54) is 10.8 Å². The Morgan fingerprint density at radius 3 is 1.38 bits per heavy atom. The van der Waals surface area contributed by atoms with Gasteiger partial charge in [0.05, 0.1) is 22.1 Å². The lowest BCUT2D eigenvalue weighted by molar-refractivity contribution is 1.29. The number of fused-ring (bicyclic) bond motifs is 3. The third kappa shape index (κ3) is 2.92. The Bertz CT molecular complexity index is 949. The minimum atomic E-state index is 0.949. The lowest BCUT2D eigenvalue weighted by atomic mass is 10.1. The molecule has 3 heteroatoms. The van der Waals surface area contributed by atoms with Crippen molar-refractivity contribution in [2.45, 2.75) is 0 Å². The van der Waals surface area contributed by atoms with Gasteiger partial charge in [-0.15, -0.1) is 0 Å². The van der Waals surface area contributed by atoms with E-state index in [1.807, 2.05) is 60.7 Å². The molecule has 5 rings (SSSR count). The van der Waals surface area contributed by atoms with Crippen LogP contribution in [-0.4, -0.2) is 15.0 Å². The monoisotopic (exact) mass is 309 g/mol. The van der Waals surface area contributed by atoms with Gasteiger partial charge in [-0.05, 0) is 30.3 Å². The van der Waals surface area contributed by atoms with Crippen LogP contribution in [-0.2, 0) is 0 Å². The largest absolute Gasteiger partial charge is 0.253 e. The van der Waals surface area contributed by atoms with Gasteiger partial charge in [0, 0.05) is 23.2 Å². The van der Waals surface area contributed by atoms with Crippen LogP contribution in [0.4, 0.5) is 0 Å². The average molecular weight is 309 g/mol. The number of para-hydroxylation sites is 4. The van der Waals surface area contributed by atoms with E-state index < -0.39 is 0 Å². The molecule has 0 unspecified atom stereocenters. The molecule has 114 valence electrons. The van der Waals surface area contributed by atoms with E-state index in [-0.39, 0.29) is 0 Å². The van der Waals surface area contributed by atoms with Crippen LogP contribution in [0.5, 0.6) is 0 Å². The third-order valence-corrected chi connectivity index (χ3v) is 3.80. The fourth-order valence-electron chi connectivity index (χ4n) is 2.63. The van der Waals surface area contributed by atoms with Crippen LogP contribution in [0.1, 0.15) is 0 Å². The summed E-state index contributed by atoms with van der Waals surface area (Å²) >= 11 is 0. The Kier molecular flexibility index (Phi) is 3.82. The van der Waals surface area contributed by atoms with E-state index >= 15 is 0 Å². The van der Waals surface area contributed by atoms with E-state index in [0.29, 0.717) is 0 Å². The van der Waals surface area contributed by atoms with E-state index in [2.05, 4.69) is 33.2 Å². The van der Waals surface area contributed by atoms with Gasteiger partial charge < -0.3 is 0 Å². The molecule has 0 saturated carbocycles. The van der Waals surface area contributed by atoms with Gasteiger partial charge in [-0.1, -0.05) is 48.5 Å². The smallest absolute Gasteiger partial charge is 0.0886 e. The SMILES string of the molecule is c1ccc2nc3ccccc3cc2c1.c1ccc2nccnc2c1. The minimum absolute atomic E-state index is 0.949. The van der Waals surface area contributed by atoms with Crippen molar-refractivity contribution in [3.63, 3.8) is 0 Å². The van der Waals surface area contributed by atoms with Crippen molar-refractivity contribution in [2.75, 3.05) is 0 Å². The van der Waals surface area contributed by atoms with Crippen molar-refractivity contribution in [1.82, 2.24) is 15.0 Å². The molecule has 0 aliphatic heterocycles. The summed E-state index contributed by atoms with van der Waals surface area (Å²) in [5, 5.41) is 2.40. The fraction of sp³-hybridized carbons (Fsp3) is 0. The Balaban J connectivity index is 0.000000129. The summed E-state index contributed by atoms with van der Waals surface area (Å²) in [4.78, 5) is 12.8. The molecule has 5 aromatic rings. The summed E-state index contributed by atoms with van der Waals surface area (Å²) in [7, 11) is 0. The zero-order chi connectivity index (χ0) is 16.2. The molecule has 0 spiro atoms. The molecule has 0 N–H and O–H groups in total. The van der Waals surface area contributed by atoms with Gasteiger partial charge in [-0.3, -0.25) is 9.97 Å². The molecule has 0 amide bonds. The fourth-order valence-corrected chi connectivity index (χ4v) is 2.63. The molecule has 0 radical (unpaired) electrons. The standard InChI is InChI=1S/C13H9N.C8H6N2/c1-3-7-12-10(5-1)9-11-6-2-4-8-13(11)14-12;1-2-4-8-7(3-1)9-5-6-10-8/h1-9H;1-6H. The van der Waals surface area contributed by atoms with E-state index in [1.54, 1.807) is 12.4 Å². The zero-order valence-electron chi connectivity index (χ0n) is 13.0. The molecule has 0 bridgehead atoms. The Labute approximate surface area is 139 Å².